The minimum atomic E-state index is -0.472. The van der Waals surface area contributed by atoms with Gasteiger partial charge in [-0.05, 0) is 18.6 Å². The Balaban J connectivity index is 2.54. The minimum absolute atomic E-state index is 0.437. The molecule has 2 rings (SSSR count). The maximum absolute atomic E-state index is 10.3. The Bertz CT molecular complexity index is 406. The lowest BCUT2D eigenvalue weighted by molar-refractivity contribution is 0.163. The first-order valence-corrected chi connectivity index (χ1v) is 6.75. The zero-order valence-corrected chi connectivity index (χ0v) is 11.2. The first-order valence-electron chi connectivity index (χ1n) is 5.70. The van der Waals surface area contributed by atoms with Gasteiger partial charge >= 0.3 is 0 Å². The maximum atomic E-state index is 10.3. The van der Waals surface area contributed by atoms with E-state index < -0.39 is 6.10 Å². The fraction of sp³-hybridized carbons (Fsp3) is 0.538. The molecule has 0 amide bonds. The second-order valence-electron chi connectivity index (χ2n) is 4.24. The molecule has 1 heterocycles. The van der Waals surface area contributed by atoms with Crippen molar-refractivity contribution < 1.29 is 14.6 Å². The number of fused-ring (bicyclic) bond motifs is 1. The number of rotatable bonds is 2. The average molecular weight is 254 g/mol. The van der Waals surface area contributed by atoms with E-state index in [1.807, 2.05) is 23.9 Å². The van der Waals surface area contributed by atoms with Gasteiger partial charge in [0, 0.05) is 22.1 Å². The van der Waals surface area contributed by atoms with Crippen LogP contribution in [0.25, 0.3) is 0 Å². The molecule has 0 aromatic heterocycles. The normalized spacial score (nSPS) is 23.8. The summed E-state index contributed by atoms with van der Waals surface area (Å²) in [5, 5.41) is 10.7. The summed E-state index contributed by atoms with van der Waals surface area (Å²) in [6, 6.07) is 3.77. The molecule has 1 unspecified atom stereocenters. The molecule has 2 atom stereocenters. The van der Waals surface area contributed by atoms with Crippen molar-refractivity contribution in [1.29, 1.82) is 0 Å². The van der Waals surface area contributed by atoms with Gasteiger partial charge in [-0.15, -0.1) is 0 Å². The van der Waals surface area contributed by atoms with Crippen molar-refractivity contribution in [3.05, 3.63) is 23.3 Å². The number of hydrogen-bond acceptors (Lipinski definition) is 4. The third kappa shape index (κ3) is 2.38. The molecule has 0 fully saturated rings. The summed E-state index contributed by atoms with van der Waals surface area (Å²) >= 11 is 1.84. The summed E-state index contributed by atoms with van der Waals surface area (Å²) in [6.45, 7) is 2.14. The molecule has 0 radical (unpaired) electrons. The molecular formula is C13H18O3S. The van der Waals surface area contributed by atoms with E-state index in [9.17, 15) is 5.11 Å². The third-order valence-electron chi connectivity index (χ3n) is 3.11. The Morgan fingerprint density at radius 1 is 1.24 bits per heavy atom. The molecule has 1 aliphatic heterocycles. The smallest absolute Gasteiger partial charge is 0.125 e. The van der Waals surface area contributed by atoms with E-state index in [1.54, 1.807) is 14.2 Å². The van der Waals surface area contributed by atoms with Gasteiger partial charge in [-0.2, -0.15) is 11.8 Å². The zero-order chi connectivity index (χ0) is 12.4. The van der Waals surface area contributed by atoms with E-state index in [0.717, 1.165) is 34.8 Å². The van der Waals surface area contributed by atoms with Crippen LogP contribution in [-0.4, -0.2) is 24.6 Å². The van der Waals surface area contributed by atoms with Gasteiger partial charge < -0.3 is 14.6 Å². The van der Waals surface area contributed by atoms with Gasteiger partial charge in [-0.25, -0.2) is 0 Å². The van der Waals surface area contributed by atoms with Crippen molar-refractivity contribution in [1.82, 2.24) is 0 Å². The zero-order valence-electron chi connectivity index (χ0n) is 10.4. The van der Waals surface area contributed by atoms with Crippen molar-refractivity contribution in [2.45, 2.75) is 30.5 Å². The van der Waals surface area contributed by atoms with Gasteiger partial charge in [-0.3, -0.25) is 0 Å². The van der Waals surface area contributed by atoms with Gasteiger partial charge in [0.2, 0.25) is 0 Å². The first kappa shape index (κ1) is 12.6. The van der Waals surface area contributed by atoms with Gasteiger partial charge in [0.15, 0.2) is 0 Å². The van der Waals surface area contributed by atoms with Crippen molar-refractivity contribution in [2.24, 2.45) is 0 Å². The molecule has 0 saturated heterocycles. The number of methoxy groups -OCH3 is 2. The monoisotopic (exact) mass is 254 g/mol. The molecule has 17 heavy (non-hydrogen) atoms. The standard InChI is InChI=1S/C13H18O3S/c1-8-6-10(14)13-9(7-17-8)11(15-2)4-5-12(13)16-3/h4-5,8,10,14H,6-7H2,1-3H3/t8?,10-/m0/s1. The highest BCUT2D eigenvalue weighted by Gasteiger charge is 2.26. The van der Waals surface area contributed by atoms with Crippen LogP contribution in [0.3, 0.4) is 0 Å². The van der Waals surface area contributed by atoms with E-state index in [-0.39, 0.29) is 0 Å². The number of benzene rings is 1. The molecule has 4 heteroatoms. The largest absolute Gasteiger partial charge is 0.496 e. The summed E-state index contributed by atoms with van der Waals surface area (Å²) in [5.74, 6) is 2.44. The predicted octanol–water partition coefficient (Wildman–Crippen LogP) is 2.76. The van der Waals surface area contributed by atoms with Crippen molar-refractivity contribution in [2.75, 3.05) is 14.2 Å². The lowest BCUT2D eigenvalue weighted by Gasteiger charge is -2.18. The van der Waals surface area contributed by atoms with Crippen LogP contribution in [0, 0.1) is 0 Å². The Kier molecular flexibility index (Phi) is 3.84. The van der Waals surface area contributed by atoms with E-state index >= 15 is 0 Å². The highest BCUT2D eigenvalue weighted by atomic mass is 32.2. The topological polar surface area (TPSA) is 38.7 Å². The summed E-state index contributed by atoms with van der Waals surface area (Å²) in [7, 11) is 3.30. The lowest BCUT2D eigenvalue weighted by atomic mass is 9.98. The van der Waals surface area contributed by atoms with E-state index in [4.69, 9.17) is 9.47 Å². The lowest BCUT2D eigenvalue weighted by Crippen LogP contribution is -2.06. The number of ether oxygens (including phenoxy) is 2. The van der Waals surface area contributed by atoms with Crippen LogP contribution < -0.4 is 9.47 Å². The van der Waals surface area contributed by atoms with Crippen LogP contribution >= 0.6 is 11.8 Å². The Morgan fingerprint density at radius 3 is 2.53 bits per heavy atom. The number of hydrogen-bond donors (Lipinski definition) is 1. The predicted molar refractivity (Wildman–Crippen MR) is 69.9 cm³/mol. The highest BCUT2D eigenvalue weighted by molar-refractivity contribution is 7.99. The summed E-state index contributed by atoms with van der Waals surface area (Å²) in [6.07, 6.45) is 0.279. The van der Waals surface area contributed by atoms with Gasteiger partial charge in [0.25, 0.3) is 0 Å². The van der Waals surface area contributed by atoms with Crippen LogP contribution in [0.5, 0.6) is 11.5 Å². The van der Waals surface area contributed by atoms with Crippen LogP contribution in [0.15, 0.2) is 12.1 Å². The second-order valence-corrected chi connectivity index (χ2v) is 5.66. The number of thioether (sulfide) groups is 1. The number of aliphatic hydroxyl groups is 1. The van der Waals surface area contributed by atoms with E-state index in [0.29, 0.717) is 5.25 Å². The molecule has 3 nitrogen and oxygen atoms in total. The molecule has 94 valence electrons. The molecule has 0 spiro atoms. The van der Waals surface area contributed by atoms with Crippen LogP contribution in [0.1, 0.15) is 30.6 Å². The SMILES string of the molecule is COc1ccc(OC)c2c1CSC(C)C[C@@H]2O. The highest BCUT2D eigenvalue weighted by Crippen LogP contribution is 2.43. The summed E-state index contributed by atoms with van der Waals surface area (Å²) < 4.78 is 10.7. The Hall–Kier alpha value is -0.870. The Morgan fingerprint density at radius 2 is 1.88 bits per heavy atom. The average Bonchev–Trinajstić information content (AvgIpc) is 2.48. The van der Waals surface area contributed by atoms with Crippen molar-refractivity contribution in [3.8, 4) is 11.5 Å². The first-order chi connectivity index (χ1) is 8.17. The van der Waals surface area contributed by atoms with Gasteiger partial charge in [0.1, 0.15) is 11.5 Å². The molecular weight excluding hydrogens is 236 g/mol. The van der Waals surface area contributed by atoms with Crippen molar-refractivity contribution in [3.63, 3.8) is 0 Å². The minimum Gasteiger partial charge on any atom is -0.496 e. The Labute approximate surface area is 106 Å². The van der Waals surface area contributed by atoms with Crippen LogP contribution in [-0.2, 0) is 5.75 Å². The molecule has 0 aliphatic carbocycles. The van der Waals surface area contributed by atoms with Crippen LogP contribution in [0.2, 0.25) is 0 Å². The molecule has 1 aromatic carbocycles. The third-order valence-corrected chi connectivity index (χ3v) is 4.33. The molecule has 1 aliphatic rings. The summed E-state index contributed by atoms with van der Waals surface area (Å²) in [4.78, 5) is 0. The molecule has 1 aromatic rings. The van der Waals surface area contributed by atoms with Crippen LogP contribution in [0.4, 0.5) is 0 Å². The van der Waals surface area contributed by atoms with Crippen molar-refractivity contribution >= 4 is 11.8 Å². The fourth-order valence-corrected chi connectivity index (χ4v) is 3.30. The number of aliphatic hydroxyl groups excluding tert-OH is 1. The van der Waals surface area contributed by atoms with E-state index in [1.165, 1.54) is 0 Å². The summed E-state index contributed by atoms with van der Waals surface area (Å²) in [5.41, 5.74) is 1.96. The van der Waals surface area contributed by atoms with Gasteiger partial charge in [-0.1, -0.05) is 6.92 Å². The molecule has 1 N–H and O–H groups in total. The molecule has 0 bridgehead atoms. The molecule has 0 saturated carbocycles. The van der Waals surface area contributed by atoms with Gasteiger partial charge in [0.05, 0.1) is 20.3 Å². The fourth-order valence-electron chi connectivity index (χ4n) is 2.23. The maximum Gasteiger partial charge on any atom is 0.125 e. The quantitative estimate of drug-likeness (QED) is 0.880. The second kappa shape index (κ2) is 5.19. The van der Waals surface area contributed by atoms with E-state index in [2.05, 4.69) is 6.92 Å².